The normalized spacial score (nSPS) is 27.5. The second-order valence-corrected chi connectivity index (χ2v) is 4.18. The first-order valence-corrected chi connectivity index (χ1v) is 5.74. The van der Waals surface area contributed by atoms with Crippen molar-refractivity contribution >= 4 is 0 Å². The van der Waals surface area contributed by atoms with E-state index in [1.165, 1.54) is 44.9 Å². The Morgan fingerprint density at radius 2 is 2.23 bits per heavy atom. The Labute approximate surface area is 82.4 Å². The molecule has 1 unspecified atom stereocenters. The third-order valence-electron chi connectivity index (χ3n) is 3.09. The van der Waals surface area contributed by atoms with Gasteiger partial charge in [-0.3, -0.25) is 0 Å². The van der Waals surface area contributed by atoms with Gasteiger partial charge in [0.15, 0.2) is 0 Å². The van der Waals surface area contributed by atoms with Gasteiger partial charge in [-0.1, -0.05) is 37.8 Å². The minimum absolute atomic E-state index is 0.730. The van der Waals surface area contributed by atoms with E-state index in [0.29, 0.717) is 0 Å². The lowest BCUT2D eigenvalue weighted by Gasteiger charge is -2.11. The van der Waals surface area contributed by atoms with Crippen LogP contribution >= 0.6 is 0 Å². The van der Waals surface area contributed by atoms with Crippen molar-refractivity contribution in [2.75, 3.05) is 6.54 Å². The first-order chi connectivity index (χ1) is 6.36. The first kappa shape index (κ1) is 10.8. The highest BCUT2D eigenvalue weighted by molar-refractivity contribution is 5.04. The van der Waals surface area contributed by atoms with Crippen LogP contribution in [0.5, 0.6) is 0 Å². The molecule has 2 N–H and O–H groups in total. The van der Waals surface area contributed by atoms with Crippen LogP contribution in [0.3, 0.4) is 0 Å². The van der Waals surface area contributed by atoms with E-state index < -0.39 is 0 Å². The minimum Gasteiger partial charge on any atom is -0.327 e. The van der Waals surface area contributed by atoms with Crippen LogP contribution in [0, 0.1) is 5.92 Å². The maximum absolute atomic E-state index is 5.53. The lowest BCUT2D eigenvalue weighted by Crippen LogP contribution is -1.97. The summed E-state index contributed by atoms with van der Waals surface area (Å²) in [6, 6.07) is 0. The highest BCUT2D eigenvalue weighted by Crippen LogP contribution is 2.29. The molecule has 1 heteroatoms. The molecule has 1 fully saturated rings. The Morgan fingerprint density at radius 1 is 1.38 bits per heavy atom. The molecule has 13 heavy (non-hydrogen) atoms. The van der Waals surface area contributed by atoms with Crippen molar-refractivity contribution in [2.45, 2.75) is 51.9 Å². The summed E-state index contributed by atoms with van der Waals surface area (Å²) in [6.45, 7) is 3.02. The van der Waals surface area contributed by atoms with Crippen molar-refractivity contribution < 1.29 is 0 Å². The van der Waals surface area contributed by atoms with E-state index in [0.717, 1.165) is 12.5 Å². The predicted molar refractivity (Wildman–Crippen MR) is 58.6 cm³/mol. The van der Waals surface area contributed by atoms with Crippen LogP contribution in [-0.2, 0) is 0 Å². The van der Waals surface area contributed by atoms with Crippen LogP contribution in [0.25, 0.3) is 0 Å². The number of hydrogen-bond acceptors (Lipinski definition) is 1. The molecule has 0 aromatic carbocycles. The zero-order valence-electron chi connectivity index (χ0n) is 8.89. The van der Waals surface area contributed by atoms with Crippen molar-refractivity contribution in [3.8, 4) is 0 Å². The predicted octanol–water partition coefficient (Wildman–Crippen LogP) is 3.25. The van der Waals surface area contributed by atoms with E-state index in [1.807, 2.05) is 0 Å². The van der Waals surface area contributed by atoms with Gasteiger partial charge in [-0.05, 0) is 31.6 Å². The molecule has 0 amide bonds. The Bertz CT molecular complexity index is 161. The van der Waals surface area contributed by atoms with E-state index in [4.69, 9.17) is 5.73 Å². The molecule has 1 rings (SSSR count). The lowest BCUT2D eigenvalue weighted by atomic mass is 9.95. The fourth-order valence-electron chi connectivity index (χ4n) is 2.34. The SMILES string of the molecule is CCCC1CCCC(=CCN)CC1. The van der Waals surface area contributed by atoms with E-state index in [1.54, 1.807) is 5.57 Å². The van der Waals surface area contributed by atoms with Gasteiger partial charge in [0.05, 0.1) is 0 Å². The molecule has 76 valence electrons. The summed E-state index contributed by atoms with van der Waals surface area (Å²) in [5.41, 5.74) is 7.14. The van der Waals surface area contributed by atoms with Crippen molar-refractivity contribution in [1.82, 2.24) is 0 Å². The zero-order valence-corrected chi connectivity index (χ0v) is 8.89. The Hall–Kier alpha value is -0.300. The second kappa shape index (κ2) is 6.20. The van der Waals surface area contributed by atoms with Gasteiger partial charge < -0.3 is 5.73 Å². The molecule has 0 saturated heterocycles. The van der Waals surface area contributed by atoms with Crippen LogP contribution < -0.4 is 5.73 Å². The van der Waals surface area contributed by atoms with Gasteiger partial charge in [-0.25, -0.2) is 0 Å². The second-order valence-electron chi connectivity index (χ2n) is 4.18. The summed E-state index contributed by atoms with van der Waals surface area (Å²) in [7, 11) is 0. The lowest BCUT2D eigenvalue weighted by molar-refractivity contribution is 0.426. The number of hydrogen-bond donors (Lipinski definition) is 1. The van der Waals surface area contributed by atoms with Gasteiger partial charge in [0.25, 0.3) is 0 Å². The molecule has 0 radical (unpaired) electrons. The first-order valence-electron chi connectivity index (χ1n) is 5.74. The summed E-state index contributed by atoms with van der Waals surface area (Å²) < 4.78 is 0. The Kier molecular flexibility index (Phi) is 5.14. The number of nitrogens with two attached hydrogens (primary N) is 1. The van der Waals surface area contributed by atoms with Crippen molar-refractivity contribution in [2.24, 2.45) is 11.7 Å². The van der Waals surface area contributed by atoms with Gasteiger partial charge in [0.2, 0.25) is 0 Å². The van der Waals surface area contributed by atoms with Crippen LogP contribution in [0.2, 0.25) is 0 Å². The zero-order chi connectivity index (χ0) is 9.52. The molecule has 1 aliphatic rings. The molecule has 0 spiro atoms. The van der Waals surface area contributed by atoms with Gasteiger partial charge in [-0.15, -0.1) is 0 Å². The topological polar surface area (TPSA) is 26.0 Å². The third-order valence-corrected chi connectivity index (χ3v) is 3.09. The molecule has 0 aromatic heterocycles. The standard InChI is InChI=1S/C12H23N/c1-2-4-11-5-3-6-12(8-7-11)9-10-13/h9,11H,2-8,10,13H2,1H3. The maximum atomic E-state index is 5.53. The molecule has 1 saturated carbocycles. The molecule has 0 bridgehead atoms. The van der Waals surface area contributed by atoms with E-state index in [-0.39, 0.29) is 0 Å². The van der Waals surface area contributed by atoms with Crippen LogP contribution in [0.4, 0.5) is 0 Å². The average Bonchev–Trinajstić information content (AvgIpc) is 2.33. The molecular formula is C12H23N. The summed E-state index contributed by atoms with van der Waals surface area (Å²) in [6.07, 6.45) is 11.8. The monoisotopic (exact) mass is 181 g/mol. The van der Waals surface area contributed by atoms with Crippen molar-refractivity contribution in [1.29, 1.82) is 0 Å². The Balaban J connectivity index is 2.35. The molecule has 0 heterocycles. The van der Waals surface area contributed by atoms with Crippen molar-refractivity contribution in [3.05, 3.63) is 11.6 Å². The van der Waals surface area contributed by atoms with Gasteiger partial charge >= 0.3 is 0 Å². The summed E-state index contributed by atoms with van der Waals surface area (Å²) in [4.78, 5) is 0. The maximum Gasteiger partial charge on any atom is 0.0109 e. The summed E-state index contributed by atoms with van der Waals surface area (Å²) in [5, 5.41) is 0. The molecular weight excluding hydrogens is 158 g/mol. The van der Waals surface area contributed by atoms with E-state index in [9.17, 15) is 0 Å². The molecule has 1 aliphatic carbocycles. The molecule has 1 atom stereocenters. The molecule has 1 nitrogen and oxygen atoms in total. The van der Waals surface area contributed by atoms with Gasteiger partial charge in [0.1, 0.15) is 0 Å². The number of allylic oxidation sites excluding steroid dienone is 1. The highest BCUT2D eigenvalue weighted by Gasteiger charge is 2.13. The van der Waals surface area contributed by atoms with Crippen LogP contribution in [-0.4, -0.2) is 6.54 Å². The largest absolute Gasteiger partial charge is 0.327 e. The fourth-order valence-corrected chi connectivity index (χ4v) is 2.34. The fraction of sp³-hybridized carbons (Fsp3) is 0.833. The summed E-state index contributed by atoms with van der Waals surface area (Å²) in [5.74, 6) is 0.994. The van der Waals surface area contributed by atoms with E-state index in [2.05, 4.69) is 13.0 Å². The van der Waals surface area contributed by atoms with Crippen LogP contribution in [0.1, 0.15) is 51.9 Å². The Morgan fingerprint density at radius 3 is 2.92 bits per heavy atom. The quantitative estimate of drug-likeness (QED) is 0.525. The molecule has 0 aliphatic heterocycles. The van der Waals surface area contributed by atoms with Crippen LogP contribution in [0.15, 0.2) is 11.6 Å². The van der Waals surface area contributed by atoms with E-state index >= 15 is 0 Å². The average molecular weight is 181 g/mol. The van der Waals surface area contributed by atoms with Crippen molar-refractivity contribution in [3.63, 3.8) is 0 Å². The van der Waals surface area contributed by atoms with Gasteiger partial charge in [0, 0.05) is 6.54 Å². The summed E-state index contributed by atoms with van der Waals surface area (Å²) >= 11 is 0. The smallest absolute Gasteiger partial charge is 0.0109 e. The third kappa shape index (κ3) is 3.95. The highest BCUT2D eigenvalue weighted by atomic mass is 14.5. The van der Waals surface area contributed by atoms with Gasteiger partial charge in [-0.2, -0.15) is 0 Å². The molecule has 0 aromatic rings. The minimum atomic E-state index is 0.730. The number of rotatable bonds is 3.